The first kappa shape index (κ1) is 16.7. The number of hydrogen-bond acceptors (Lipinski definition) is 3. The van der Waals surface area contributed by atoms with Crippen LogP contribution >= 0.6 is 11.6 Å². The lowest BCUT2D eigenvalue weighted by Crippen LogP contribution is -2.30. The number of anilines is 1. The number of nitrogens with zero attached hydrogens (tertiary/aromatic N) is 3. The minimum absolute atomic E-state index is 0.145. The van der Waals surface area contributed by atoms with Crippen molar-refractivity contribution in [3.8, 4) is 0 Å². The summed E-state index contributed by atoms with van der Waals surface area (Å²) in [7, 11) is -3.92. The lowest BCUT2D eigenvalue weighted by atomic mass is 10.3. The Bertz CT molecular complexity index is 749. The number of para-hydroxylation sites is 1. The van der Waals surface area contributed by atoms with Crippen LogP contribution in [0.4, 0.5) is 14.5 Å². The number of sulfonamides is 1. The topological polar surface area (TPSA) is 55.2 Å². The quantitative estimate of drug-likeness (QED) is 0.805. The van der Waals surface area contributed by atoms with Gasteiger partial charge in [0.05, 0.1) is 16.9 Å². The molecule has 1 heterocycles. The van der Waals surface area contributed by atoms with Crippen molar-refractivity contribution in [1.29, 1.82) is 0 Å². The number of hydrogen-bond donors (Lipinski definition) is 0. The standard InChI is InChI=1S/C13H14ClF2N3O2S/c1-2-19(12-6-4-3-5-11(12)14)22(20,21)10-7-17-18(8-10)9-13(15)16/h3-8,13H,2,9H2,1H3. The van der Waals surface area contributed by atoms with Gasteiger partial charge in [0.1, 0.15) is 11.4 Å². The second-order valence-electron chi connectivity index (χ2n) is 4.41. The van der Waals surface area contributed by atoms with E-state index >= 15 is 0 Å². The smallest absolute Gasteiger partial charge is 0.266 e. The van der Waals surface area contributed by atoms with Crippen molar-refractivity contribution < 1.29 is 17.2 Å². The molecule has 0 spiro atoms. The number of benzene rings is 1. The molecule has 0 saturated heterocycles. The van der Waals surface area contributed by atoms with E-state index in [0.29, 0.717) is 5.69 Å². The summed E-state index contributed by atoms with van der Waals surface area (Å²) in [4.78, 5) is -0.157. The third-order valence-electron chi connectivity index (χ3n) is 2.93. The summed E-state index contributed by atoms with van der Waals surface area (Å²) in [6.07, 6.45) is -0.473. The van der Waals surface area contributed by atoms with Crippen molar-refractivity contribution in [2.24, 2.45) is 0 Å². The van der Waals surface area contributed by atoms with E-state index in [9.17, 15) is 17.2 Å². The highest BCUT2D eigenvalue weighted by Crippen LogP contribution is 2.29. The fourth-order valence-corrected chi connectivity index (χ4v) is 3.71. The summed E-state index contributed by atoms with van der Waals surface area (Å²) in [6, 6.07) is 6.51. The van der Waals surface area contributed by atoms with Gasteiger partial charge in [-0.05, 0) is 19.1 Å². The molecule has 5 nitrogen and oxygen atoms in total. The molecule has 2 aromatic rings. The predicted molar refractivity (Wildman–Crippen MR) is 79.9 cm³/mol. The van der Waals surface area contributed by atoms with E-state index in [1.54, 1.807) is 31.2 Å². The van der Waals surface area contributed by atoms with Crippen molar-refractivity contribution in [3.63, 3.8) is 0 Å². The fraction of sp³-hybridized carbons (Fsp3) is 0.308. The molecule has 1 aromatic heterocycles. The Kier molecular flexibility index (Phi) is 5.02. The van der Waals surface area contributed by atoms with Crippen LogP contribution in [0.25, 0.3) is 0 Å². The van der Waals surface area contributed by atoms with Crippen molar-refractivity contribution >= 4 is 27.3 Å². The highest BCUT2D eigenvalue weighted by Gasteiger charge is 2.26. The average Bonchev–Trinajstić information content (AvgIpc) is 2.90. The summed E-state index contributed by atoms with van der Waals surface area (Å²) in [5.41, 5.74) is 0.327. The lowest BCUT2D eigenvalue weighted by molar-refractivity contribution is 0.121. The molecule has 9 heteroatoms. The van der Waals surface area contributed by atoms with E-state index < -0.39 is 23.0 Å². The van der Waals surface area contributed by atoms with Crippen molar-refractivity contribution in [2.45, 2.75) is 24.8 Å². The maximum absolute atomic E-state index is 12.6. The van der Waals surface area contributed by atoms with Gasteiger partial charge in [-0.1, -0.05) is 23.7 Å². The molecule has 0 radical (unpaired) electrons. The third kappa shape index (κ3) is 3.38. The first-order valence-electron chi connectivity index (χ1n) is 6.44. The van der Waals surface area contributed by atoms with E-state index in [0.717, 1.165) is 21.4 Å². The van der Waals surface area contributed by atoms with Crippen molar-refractivity contribution in [2.75, 3.05) is 10.8 Å². The van der Waals surface area contributed by atoms with E-state index in [1.165, 1.54) is 0 Å². The number of halogens is 3. The van der Waals surface area contributed by atoms with E-state index in [4.69, 9.17) is 11.6 Å². The minimum atomic E-state index is -3.92. The fourth-order valence-electron chi connectivity index (χ4n) is 1.97. The van der Waals surface area contributed by atoms with Gasteiger partial charge in [-0.2, -0.15) is 5.10 Å². The Morgan fingerprint density at radius 3 is 2.64 bits per heavy atom. The zero-order chi connectivity index (χ0) is 16.3. The van der Waals surface area contributed by atoms with Crippen LogP contribution in [-0.4, -0.2) is 31.2 Å². The molecule has 0 fully saturated rings. The highest BCUT2D eigenvalue weighted by molar-refractivity contribution is 7.92. The first-order valence-corrected chi connectivity index (χ1v) is 8.26. The van der Waals surface area contributed by atoms with Crippen LogP contribution in [0.3, 0.4) is 0 Å². The van der Waals surface area contributed by atoms with Gasteiger partial charge in [-0.25, -0.2) is 17.2 Å². The molecule has 120 valence electrons. The Morgan fingerprint density at radius 1 is 1.36 bits per heavy atom. The Morgan fingerprint density at radius 2 is 2.05 bits per heavy atom. The first-order chi connectivity index (χ1) is 10.4. The van der Waals surface area contributed by atoms with E-state index in [1.807, 2.05) is 0 Å². The van der Waals surface area contributed by atoms with E-state index in [-0.39, 0.29) is 16.5 Å². The summed E-state index contributed by atoms with van der Waals surface area (Å²) in [6.45, 7) is 1.14. The molecule has 22 heavy (non-hydrogen) atoms. The van der Waals surface area contributed by atoms with E-state index in [2.05, 4.69) is 5.10 Å². The largest absolute Gasteiger partial charge is 0.267 e. The summed E-state index contributed by atoms with van der Waals surface area (Å²) >= 11 is 6.04. The minimum Gasteiger partial charge on any atom is -0.266 e. The maximum atomic E-state index is 12.6. The third-order valence-corrected chi connectivity index (χ3v) is 5.09. The van der Waals surface area contributed by atoms with Gasteiger partial charge in [0.2, 0.25) is 0 Å². The molecular weight excluding hydrogens is 336 g/mol. The summed E-state index contributed by atoms with van der Waals surface area (Å²) in [5.74, 6) is 0. The normalized spacial score (nSPS) is 11.9. The molecule has 0 saturated carbocycles. The van der Waals surface area contributed by atoms with Gasteiger partial charge in [0.15, 0.2) is 0 Å². The SMILES string of the molecule is CCN(c1ccccc1Cl)S(=O)(=O)c1cnn(CC(F)F)c1. The number of aromatic nitrogens is 2. The Labute approximate surface area is 132 Å². The molecule has 0 bridgehead atoms. The molecule has 0 amide bonds. The van der Waals surface area contributed by atoms with Crippen LogP contribution in [0.5, 0.6) is 0 Å². The molecule has 0 atom stereocenters. The molecule has 0 N–H and O–H groups in total. The predicted octanol–water partition coefficient (Wildman–Crippen LogP) is 3.02. The summed E-state index contributed by atoms with van der Waals surface area (Å²) < 4.78 is 52.0. The van der Waals surface area contributed by atoms with Gasteiger partial charge in [-0.15, -0.1) is 0 Å². The molecule has 0 aliphatic rings. The molecular formula is C13H14ClF2N3O2S. The Balaban J connectivity index is 2.39. The van der Waals surface area contributed by atoms with Gasteiger partial charge in [0.25, 0.3) is 16.4 Å². The van der Waals surface area contributed by atoms with Gasteiger partial charge in [-0.3, -0.25) is 8.99 Å². The zero-order valence-electron chi connectivity index (χ0n) is 11.7. The van der Waals surface area contributed by atoms with Gasteiger partial charge >= 0.3 is 0 Å². The maximum Gasteiger partial charge on any atom is 0.267 e. The second-order valence-corrected chi connectivity index (χ2v) is 6.68. The van der Waals surface area contributed by atoms with Crippen LogP contribution in [0.1, 0.15) is 6.92 Å². The Hall–Kier alpha value is -1.67. The summed E-state index contributed by atoms with van der Waals surface area (Å²) in [5, 5.41) is 3.94. The number of alkyl halides is 2. The molecule has 0 aliphatic carbocycles. The van der Waals surface area contributed by atoms with Crippen LogP contribution in [-0.2, 0) is 16.6 Å². The molecule has 0 aliphatic heterocycles. The van der Waals surface area contributed by atoms with Crippen molar-refractivity contribution in [3.05, 3.63) is 41.7 Å². The van der Waals surface area contributed by atoms with Crippen LogP contribution in [0.15, 0.2) is 41.6 Å². The van der Waals surface area contributed by atoms with Crippen LogP contribution in [0.2, 0.25) is 5.02 Å². The molecule has 1 aromatic carbocycles. The van der Waals surface area contributed by atoms with Crippen molar-refractivity contribution in [1.82, 2.24) is 9.78 Å². The van der Waals surface area contributed by atoms with Gasteiger partial charge in [0, 0.05) is 12.7 Å². The molecule has 0 unspecified atom stereocenters. The average molecular weight is 350 g/mol. The zero-order valence-corrected chi connectivity index (χ0v) is 13.2. The van der Waals surface area contributed by atoms with Gasteiger partial charge < -0.3 is 0 Å². The lowest BCUT2D eigenvalue weighted by Gasteiger charge is -2.22. The molecule has 2 rings (SSSR count). The van der Waals surface area contributed by atoms with Crippen LogP contribution < -0.4 is 4.31 Å². The number of rotatable bonds is 6. The van der Waals surface area contributed by atoms with Crippen LogP contribution in [0, 0.1) is 0 Å². The second kappa shape index (κ2) is 6.62. The monoisotopic (exact) mass is 349 g/mol. The highest BCUT2D eigenvalue weighted by atomic mass is 35.5.